The second-order valence-electron chi connectivity index (χ2n) is 6.11. The lowest BCUT2D eigenvalue weighted by Gasteiger charge is -2.28. The molecular formula is C14H27N3O3. The lowest BCUT2D eigenvalue weighted by molar-refractivity contribution is -0.140. The van der Waals surface area contributed by atoms with E-state index in [0.29, 0.717) is 13.0 Å². The fourth-order valence-corrected chi connectivity index (χ4v) is 3.03. The molecule has 6 heteroatoms. The van der Waals surface area contributed by atoms with Gasteiger partial charge in [-0.25, -0.2) is 0 Å². The normalized spacial score (nSPS) is 28.3. The molecule has 2 fully saturated rings. The molecule has 0 aromatic rings. The Labute approximate surface area is 121 Å². The van der Waals surface area contributed by atoms with Crippen molar-refractivity contribution in [3.8, 4) is 0 Å². The maximum Gasteiger partial charge on any atom is 0.248 e. The van der Waals surface area contributed by atoms with Gasteiger partial charge in [0.25, 0.3) is 0 Å². The number of β-amino-alcohol motifs (C(OH)–C–C–N with tert-alkyl or cyclic N) is 1. The maximum absolute atomic E-state index is 12.3. The summed E-state index contributed by atoms with van der Waals surface area (Å²) in [5, 5.41) is 13.1. The van der Waals surface area contributed by atoms with Crippen LogP contribution in [0.2, 0.25) is 0 Å². The quantitative estimate of drug-likeness (QED) is 0.698. The Kier molecular flexibility index (Phi) is 5.77. The number of carbonyl (C=O) groups excluding carboxylic acids is 1. The second-order valence-corrected chi connectivity index (χ2v) is 6.11. The molecule has 0 spiro atoms. The Morgan fingerprint density at radius 1 is 1.40 bits per heavy atom. The third-order valence-electron chi connectivity index (χ3n) is 4.02. The van der Waals surface area contributed by atoms with Crippen LogP contribution in [-0.2, 0) is 9.53 Å². The number of rotatable bonds is 5. The summed E-state index contributed by atoms with van der Waals surface area (Å²) in [5.41, 5.74) is 0. The van der Waals surface area contributed by atoms with Crippen molar-refractivity contribution in [3.05, 3.63) is 0 Å². The lowest BCUT2D eigenvalue weighted by atomic mass is 10.1. The Morgan fingerprint density at radius 3 is 2.75 bits per heavy atom. The van der Waals surface area contributed by atoms with E-state index in [0.717, 1.165) is 32.5 Å². The number of likely N-dealkylation sites (N-methyl/N-ethyl adjacent to an activating group) is 1. The summed E-state index contributed by atoms with van der Waals surface area (Å²) in [4.78, 5) is 16.1. The van der Waals surface area contributed by atoms with Crippen molar-refractivity contribution in [2.24, 2.45) is 0 Å². The summed E-state index contributed by atoms with van der Waals surface area (Å²) in [6.45, 7) is 3.29. The van der Waals surface area contributed by atoms with Crippen LogP contribution in [0.15, 0.2) is 0 Å². The van der Waals surface area contributed by atoms with Gasteiger partial charge in [-0.05, 0) is 46.4 Å². The van der Waals surface area contributed by atoms with Crippen molar-refractivity contribution >= 4 is 5.91 Å². The number of nitrogens with zero attached hydrogens (tertiary/aromatic N) is 2. The fourth-order valence-electron chi connectivity index (χ4n) is 3.03. The second kappa shape index (κ2) is 7.36. The highest BCUT2D eigenvalue weighted by molar-refractivity contribution is 5.78. The molecule has 1 amide bonds. The number of aliphatic hydroxyl groups is 1. The van der Waals surface area contributed by atoms with E-state index in [4.69, 9.17) is 4.74 Å². The average Bonchev–Trinajstić information content (AvgIpc) is 2.77. The molecule has 2 aliphatic rings. The van der Waals surface area contributed by atoms with Crippen LogP contribution < -0.4 is 5.32 Å². The van der Waals surface area contributed by atoms with Gasteiger partial charge in [-0.15, -0.1) is 0 Å². The average molecular weight is 285 g/mol. The van der Waals surface area contributed by atoms with Gasteiger partial charge in [0.1, 0.15) is 6.61 Å². The zero-order chi connectivity index (χ0) is 14.5. The minimum absolute atomic E-state index is 0.00642. The van der Waals surface area contributed by atoms with Crippen LogP contribution in [0, 0.1) is 0 Å². The van der Waals surface area contributed by atoms with Gasteiger partial charge in [-0.1, -0.05) is 0 Å². The molecule has 0 aliphatic carbocycles. The standard InChI is InChI=1S/C14H27N3O3/c1-16(2)8-11-7-12(18)9-17(11)14(19)10-20-13-3-5-15-6-4-13/h11-13,15,18H,3-10H2,1-2H3. The van der Waals surface area contributed by atoms with Crippen LogP contribution in [0.1, 0.15) is 19.3 Å². The van der Waals surface area contributed by atoms with Crippen molar-refractivity contribution in [3.63, 3.8) is 0 Å². The first-order valence-electron chi connectivity index (χ1n) is 7.51. The molecule has 0 radical (unpaired) electrons. The van der Waals surface area contributed by atoms with E-state index in [1.54, 1.807) is 4.90 Å². The number of likely N-dealkylation sites (tertiary alicyclic amines) is 1. The molecule has 2 atom stereocenters. The van der Waals surface area contributed by atoms with Gasteiger partial charge >= 0.3 is 0 Å². The predicted molar refractivity (Wildman–Crippen MR) is 76.5 cm³/mol. The van der Waals surface area contributed by atoms with Crippen LogP contribution in [0.5, 0.6) is 0 Å². The molecule has 20 heavy (non-hydrogen) atoms. The number of amides is 1. The summed E-state index contributed by atoms with van der Waals surface area (Å²) in [6.07, 6.45) is 2.40. The van der Waals surface area contributed by atoms with Crippen LogP contribution in [0.4, 0.5) is 0 Å². The van der Waals surface area contributed by atoms with Gasteiger partial charge in [-0.2, -0.15) is 0 Å². The van der Waals surface area contributed by atoms with E-state index in [1.165, 1.54) is 0 Å². The first-order valence-corrected chi connectivity index (χ1v) is 7.51. The summed E-state index contributed by atoms with van der Waals surface area (Å²) >= 11 is 0. The monoisotopic (exact) mass is 285 g/mol. The molecule has 6 nitrogen and oxygen atoms in total. The van der Waals surface area contributed by atoms with E-state index in [9.17, 15) is 9.90 Å². The van der Waals surface area contributed by atoms with Crippen molar-refractivity contribution in [1.82, 2.24) is 15.1 Å². The molecule has 0 aromatic carbocycles. The minimum Gasteiger partial charge on any atom is -0.391 e. The molecule has 2 unspecified atom stereocenters. The first-order chi connectivity index (χ1) is 9.56. The third kappa shape index (κ3) is 4.41. The summed E-state index contributed by atoms with van der Waals surface area (Å²) in [6, 6.07) is 0.101. The van der Waals surface area contributed by atoms with Crippen molar-refractivity contribution in [1.29, 1.82) is 0 Å². The van der Waals surface area contributed by atoms with Crippen molar-refractivity contribution in [2.45, 2.75) is 37.5 Å². The molecule has 0 aromatic heterocycles. The zero-order valence-electron chi connectivity index (χ0n) is 12.5. The Morgan fingerprint density at radius 2 is 2.10 bits per heavy atom. The molecule has 2 rings (SSSR count). The van der Waals surface area contributed by atoms with Gasteiger partial charge in [0, 0.05) is 19.1 Å². The SMILES string of the molecule is CN(C)CC1CC(O)CN1C(=O)COC1CCNCC1. The molecule has 2 heterocycles. The number of hydrogen-bond donors (Lipinski definition) is 2. The Balaban J connectivity index is 1.80. The fraction of sp³-hybridized carbons (Fsp3) is 0.929. The number of hydrogen-bond acceptors (Lipinski definition) is 5. The Bertz CT molecular complexity index is 319. The van der Waals surface area contributed by atoms with E-state index in [1.807, 2.05) is 14.1 Å². The molecule has 116 valence electrons. The van der Waals surface area contributed by atoms with E-state index >= 15 is 0 Å². The van der Waals surface area contributed by atoms with Crippen LogP contribution >= 0.6 is 0 Å². The van der Waals surface area contributed by atoms with E-state index in [2.05, 4.69) is 10.2 Å². The summed E-state index contributed by atoms with van der Waals surface area (Å²) in [7, 11) is 3.97. The van der Waals surface area contributed by atoms with Crippen LogP contribution in [-0.4, -0.2) is 85.9 Å². The molecule has 0 bridgehead atoms. The Hall–Kier alpha value is -0.690. The molecule has 2 aliphatic heterocycles. The first kappa shape index (κ1) is 15.7. The van der Waals surface area contributed by atoms with Crippen LogP contribution in [0.3, 0.4) is 0 Å². The molecule has 0 saturated carbocycles. The summed E-state index contributed by atoms with van der Waals surface area (Å²) in [5.74, 6) is 0.00642. The largest absolute Gasteiger partial charge is 0.391 e. The number of ether oxygens (including phenoxy) is 1. The highest BCUT2D eigenvalue weighted by Crippen LogP contribution is 2.19. The maximum atomic E-state index is 12.3. The molecular weight excluding hydrogens is 258 g/mol. The number of nitrogens with one attached hydrogen (secondary N) is 1. The van der Waals surface area contributed by atoms with Gasteiger partial charge < -0.3 is 25.0 Å². The van der Waals surface area contributed by atoms with Crippen molar-refractivity contribution in [2.75, 3.05) is 46.9 Å². The number of carbonyl (C=O) groups is 1. The van der Waals surface area contributed by atoms with Gasteiger partial charge in [0.2, 0.25) is 5.91 Å². The van der Waals surface area contributed by atoms with Gasteiger partial charge in [0.05, 0.1) is 12.2 Å². The lowest BCUT2D eigenvalue weighted by Crippen LogP contribution is -2.44. The number of piperidine rings is 1. The number of aliphatic hydroxyl groups excluding tert-OH is 1. The molecule has 2 saturated heterocycles. The van der Waals surface area contributed by atoms with Crippen molar-refractivity contribution < 1.29 is 14.6 Å². The van der Waals surface area contributed by atoms with E-state index in [-0.39, 0.29) is 24.7 Å². The smallest absolute Gasteiger partial charge is 0.248 e. The minimum atomic E-state index is -0.400. The van der Waals surface area contributed by atoms with E-state index < -0.39 is 6.10 Å². The predicted octanol–water partition coefficient (Wildman–Crippen LogP) is -0.722. The van der Waals surface area contributed by atoms with Gasteiger partial charge in [-0.3, -0.25) is 4.79 Å². The third-order valence-corrected chi connectivity index (χ3v) is 4.02. The summed E-state index contributed by atoms with van der Waals surface area (Å²) < 4.78 is 5.72. The highest BCUT2D eigenvalue weighted by atomic mass is 16.5. The van der Waals surface area contributed by atoms with Gasteiger partial charge in [0.15, 0.2) is 0 Å². The highest BCUT2D eigenvalue weighted by Gasteiger charge is 2.34. The topological polar surface area (TPSA) is 65.0 Å². The zero-order valence-corrected chi connectivity index (χ0v) is 12.5. The van der Waals surface area contributed by atoms with Crippen LogP contribution in [0.25, 0.3) is 0 Å². The molecule has 2 N–H and O–H groups in total.